The molecule has 0 radical (unpaired) electrons. The molecular formula is C15H26O3. The smallest absolute Gasteiger partial charge is 0.303 e. The van der Waals surface area contributed by atoms with Crippen LogP contribution in [0.3, 0.4) is 0 Å². The van der Waals surface area contributed by atoms with Gasteiger partial charge in [0.25, 0.3) is 0 Å². The molecule has 1 aliphatic carbocycles. The lowest BCUT2D eigenvalue weighted by Gasteiger charge is -2.53. The zero-order valence-corrected chi connectivity index (χ0v) is 11.8. The summed E-state index contributed by atoms with van der Waals surface area (Å²) in [5.74, 6) is 0.224. The molecule has 0 heterocycles. The van der Waals surface area contributed by atoms with Crippen LogP contribution in [0.25, 0.3) is 0 Å². The van der Waals surface area contributed by atoms with Crippen molar-refractivity contribution in [1.29, 1.82) is 0 Å². The van der Waals surface area contributed by atoms with Gasteiger partial charge in [-0.3, -0.25) is 4.79 Å². The Bertz CT molecular complexity index is 318. The molecule has 0 bridgehead atoms. The first kappa shape index (κ1) is 15.2. The van der Waals surface area contributed by atoms with Gasteiger partial charge in [-0.25, -0.2) is 0 Å². The van der Waals surface area contributed by atoms with E-state index < -0.39 is 5.97 Å². The zero-order chi connectivity index (χ0) is 13.9. The minimum Gasteiger partial charge on any atom is -0.481 e. The van der Waals surface area contributed by atoms with Crippen molar-refractivity contribution in [1.82, 2.24) is 0 Å². The summed E-state index contributed by atoms with van der Waals surface area (Å²) in [5.41, 5.74) is 1.37. The van der Waals surface area contributed by atoms with Gasteiger partial charge in [0, 0.05) is 6.42 Å². The average molecular weight is 254 g/mol. The van der Waals surface area contributed by atoms with E-state index >= 15 is 0 Å². The molecule has 0 spiro atoms. The van der Waals surface area contributed by atoms with Crippen LogP contribution in [0.1, 0.15) is 52.9 Å². The molecule has 1 saturated carbocycles. The summed E-state index contributed by atoms with van der Waals surface area (Å²) in [5, 5.41) is 18.1. The fraction of sp³-hybridized carbons (Fsp3) is 0.800. The van der Waals surface area contributed by atoms with Gasteiger partial charge in [0.05, 0.1) is 6.10 Å². The van der Waals surface area contributed by atoms with Crippen molar-refractivity contribution < 1.29 is 15.0 Å². The van der Waals surface area contributed by atoms with Crippen LogP contribution in [0.2, 0.25) is 0 Å². The molecule has 0 aromatic carbocycles. The van der Waals surface area contributed by atoms with Gasteiger partial charge in [-0.15, -0.1) is 0 Å². The van der Waals surface area contributed by atoms with Gasteiger partial charge in [-0.05, 0) is 49.9 Å². The van der Waals surface area contributed by atoms with Crippen LogP contribution < -0.4 is 0 Å². The van der Waals surface area contributed by atoms with Gasteiger partial charge in [-0.1, -0.05) is 26.0 Å². The second-order valence-electron chi connectivity index (χ2n) is 6.38. The Morgan fingerprint density at radius 3 is 2.50 bits per heavy atom. The highest BCUT2D eigenvalue weighted by Gasteiger charge is 2.47. The number of carboxylic acid groups (broad SMARTS) is 1. The van der Waals surface area contributed by atoms with Gasteiger partial charge in [0.15, 0.2) is 0 Å². The first-order valence-electron chi connectivity index (χ1n) is 6.81. The first-order chi connectivity index (χ1) is 8.24. The summed E-state index contributed by atoms with van der Waals surface area (Å²) < 4.78 is 0. The normalized spacial score (nSPS) is 27.3. The summed E-state index contributed by atoms with van der Waals surface area (Å²) >= 11 is 0. The SMILES string of the molecule is C=C(CCC(=O)O)C1CC(C)(C)C1CCC(C)O. The molecule has 2 N–H and O–H groups in total. The summed E-state index contributed by atoms with van der Waals surface area (Å²) in [7, 11) is 0. The highest BCUT2D eigenvalue weighted by Crippen LogP contribution is 2.56. The first-order valence-corrected chi connectivity index (χ1v) is 6.81. The third kappa shape index (κ3) is 3.84. The standard InChI is InChI=1S/C15H26O3/c1-10(5-8-14(17)18)12-9-15(3,4)13(12)7-6-11(2)16/h11-13,16H,1,5-9H2,2-4H3,(H,17,18). The molecular weight excluding hydrogens is 228 g/mol. The van der Waals surface area contributed by atoms with Gasteiger partial charge in [0.1, 0.15) is 0 Å². The molecule has 1 aliphatic rings. The van der Waals surface area contributed by atoms with Crippen LogP contribution in [0.15, 0.2) is 12.2 Å². The van der Waals surface area contributed by atoms with E-state index in [1.165, 1.54) is 0 Å². The van der Waals surface area contributed by atoms with Crippen LogP contribution >= 0.6 is 0 Å². The minimum absolute atomic E-state index is 0.179. The molecule has 104 valence electrons. The van der Waals surface area contributed by atoms with Crippen molar-refractivity contribution in [2.75, 3.05) is 0 Å². The number of carboxylic acids is 1. The summed E-state index contributed by atoms with van der Waals surface area (Å²) in [4.78, 5) is 10.6. The van der Waals surface area contributed by atoms with Gasteiger partial charge in [0.2, 0.25) is 0 Å². The number of aliphatic hydroxyl groups is 1. The fourth-order valence-corrected chi connectivity index (χ4v) is 3.14. The highest BCUT2D eigenvalue weighted by atomic mass is 16.4. The van der Waals surface area contributed by atoms with Crippen molar-refractivity contribution in [2.45, 2.75) is 59.0 Å². The molecule has 3 unspecified atom stereocenters. The van der Waals surface area contributed by atoms with Crippen LogP contribution in [0.5, 0.6) is 0 Å². The number of aliphatic hydroxyl groups excluding tert-OH is 1. The molecule has 0 aromatic heterocycles. The predicted octanol–water partition coefficient (Wildman–Crippen LogP) is 3.23. The van der Waals surface area contributed by atoms with Crippen molar-refractivity contribution >= 4 is 5.97 Å². The Kier molecular flexibility index (Phi) is 4.97. The molecule has 0 aliphatic heterocycles. The van der Waals surface area contributed by atoms with E-state index in [-0.39, 0.29) is 12.5 Å². The predicted molar refractivity (Wildman–Crippen MR) is 72.3 cm³/mol. The van der Waals surface area contributed by atoms with E-state index in [2.05, 4.69) is 20.4 Å². The Morgan fingerprint density at radius 2 is 2.06 bits per heavy atom. The number of allylic oxidation sites excluding steroid dienone is 1. The summed E-state index contributed by atoms with van der Waals surface area (Å²) in [6.07, 6.45) is 3.42. The lowest BCUT2D eigenvalue weighted by Crippen LogP contribution is -2.45. The molecule has 0 saturated heterocycles. The van der Waals surface area contributed by atoms with Crippen molar-refractivity contribution in [3.63, 3.8) is 0 Å². The Balaban J connectivity index is 2.50. The summed E-state index contributed by atoms with van der Waals surface area (Å²) in [6.45, 7) is 10.4. The van der Waals surface area contributed by atoms with Gasteiger partial charge < -0.3 is 10.2 Å². The topological polar surface area (TPSA) is 57.5 Å². The molecule has 18 heavy (non-hydrogen) atoms. The maximum absolute atomic E-state index is 10.6. The molecule has 0 amide bonds. The second-order valence-corrected chi connectivity index (χ2v) is 6.38. The Labute approximate surface area is 110 Å². The fourth-order valence-electron chi connectivity index (χ4n) is 3.14. The molecule has 3 nitrogen and oxygen atoms in total. The molecule has 3 atom stereocenters. The lowest BCUT2D eigenvalue weighted by molar-refractivity contribution is -0.137. The maximum atomic E-state index is 10.6. The number of hydrogen-bond donors (Lipinski definition) is 2. The monoisotopic (exact) mass is 254 g/mol. The van der Waals surface area contributed by atoms with Crippen LogP contribution in [0.4, 0.5) is 0 Å². The largest absolute Gasteiger partial charge is 0.481 e. The zero-order valence-electron chi connectivity index (χ0n) is 11.8. The quantitative estimate of drug-likeness (QED) is 0.686. The number of carbonyl (C=O) groups is 1. The van der Waals surface area contributed by atoms with Crippen LogP contribution in [-0.2, 0) is 4.79 Å². The van der Waals surface area contributed by atoms with Crippen molar-refractivity contribution in [3.05, 3.63) is 12.2 Å². The number of hydrogen-bond acceptors (Lipinski definition) is 2. The van der Waals surface area contributed by atoms with E-state index in [4.69, 9.17) is 5.11 Å². The van der Waals surface area contributed by atoms with Crippen LogP contribution in [0, 0.1) is 17.3 Å². The molecule has 1 rings (SSSR count). The van der Waals surface area contributed by atoms with E-state index in [1.807, 2.05) is 6.92 Å². The molecule has 1 fully saturated rings. The van der Waals surface area contributed by atoms with E-state index in [1.54, 1.807) is 0 Å². The lowest BCUT2D eigenvalue weighted by atomic mass is 9.52. The highest BCUT2D eigenvalue weighted by molar-refractivity contribution is 5.67. The van der Waals surface area contributed by atoms with Crippen LogP contribution in [-0.4, -0.2) is 22.3 Å². The number of aliphatic carboxylic acids is 1. The second kappa shape index (κ2) is 5.87. The molecule has 0 aromatic rings. The molecule has 3 heteroatoms. The van der Waals surface area contributed by atoms with E-state index in [9.17, 15) is 9.90 Å². The third-order valence-corrected chi connectivity index (χ3v) is 4.32. The maximum Gasteiger partial charge on any atom is 0.303 e. The Hall–Kier alpha value is -0.830. The van der Waals surface area contributed by atoms with Crippen molar-refractivity contribution in [2.24, 2.45) is 17.3 Å². The van der Waals surface area contributed by atoms with Gasteiger partial charge >= 0.3 is 5.97 Å². The third-order valence-electron chi connectivity index (χ3n) is 4.32. The van der Waals surface area contributed by atoms with Crippen molar-refractivity contribution in [3.8, 4) is 0 Å². The van der Waals surface area contributed by atoms with E-state index in [0.717, 1.165) is 24.8 Å². The van der Waals surface area contributed by atoms with E-state index in [0.29, 0.717) is 23.7 Å². The summed E-state index contributed by atoms with van der Waals surface area (Å²) in [6, 6.07) is 0. The Morgan fingerprint density at radius 1 is 1.44 bits per heavy atom. The minimum atomic E-state index is -0.754. The average Bonchev–Trinajstić information content (AvgIpc) is 2.22. The van der Waals surface area contributed by atoms with Gasteiger partial charge in [-0.2, -0.15) is 0 Å². The number of rotatable bonds is 7.